The number of benzene rings is 2. The number of ether oxygens (including phenoxy) is 2. The van der Waals surface area contributed by atoms with Crippen LogP contribution >= 0.6 is 27.3 Å². The van der Waals surface area contributed by atoms with E-state index >= 15 is 0 Å². The smallest absolute Gasteiger partial charge is 0.338 e. The van der Waals surface area contributed by atoms with E-state index in [-0.39, 0.29) is 27.3 Å². The van der Waals surface area contributed by atoms with E-state index in [2.05, 4.69) is 20.9 Å². The molecule has 38 heavy (non-hydrogen) atoms. The third kappa shape index (κ3) is 5.14. The highest BCUT2D eigenvalue weighted by Gasteiger charge is 2.35. The van der Waals surface area contributed by atoms with E-state index in [0.717, 1.165) is 11.3 Å². The van der Waals surface area contributed by atoms with E-state index < -0.39 is 33.9 Å². The van der Waals surface area contributed by atoms with Gasteiger partial charge in [-0.05, 0) is 67.4 Å². The maximum atomic E-state index is 13.8. The number of aromatic hydroxyl groups is 1. The number of esters is 1. The molecule has 0 bridgehead atoms. The molecule has 3 aromatic rings. The second kappa shape index (κ2) is 10.9. The molecule has 0 aliphatic carbocycles. The molecule has 1 atom stereocenters. The number of allylic oxidation sites excluding steroid dienone is 1. The lowest BCUT2D eigenvalue weighted by atomic mass is 9.95. The zero-order chi connectivity index (χ0) is 27.7. The van der Waals surface area contributed by atoms with Crippen LogP contribution in [0.1, 0.15) is 44.9 Å². The molecule has 0 amide bonds. The molecule has 1 N–H and O–H groups in total. The number of hydrogen-bond donors (Lipinski definition) is 1. The van der Waals surface area contributed by atoms with Crippen molar-refractivity contribution in [2.75, 3.05) is 6.61 Å². The van der Waals surface area contributed by atoms with Gasteiger partial charge in [-0.1, -0.05) is 29.5 Å². The Morgan fingerprint density at radius 2 is 2.05 bits per heavy atom. The monoisotopic (exact) mass is 601 g/mol. The first-order valence-corrected chi connectivity index (χ1v) is 13.3. The molecule has 0 saturated heterocycles. The lowest BCUT2D eigenvalue weighted by Crippen LogP contribution is -2.40. The fraction of sp³-hybridized carbons (Fsp3) is 0.269. The molecule has 12 heteroatoms. The van der Waals surface area contributed by atoms with Crippen LogP contribution in [0.5, 0.6) is 11.5 Å². The normalized spacial score (nSPS) is 15.3. The Morgan fingerprint density at radius 1 is 1.34 bits per heavy atom. The van der Waals surface area contributed by atoms with Gasteiger partial charge in [-0.2, -0.15) is 0 Å². The highest BCUT2D eigenvalue weighted by Crippen LogP contribution is 2.37. The van der Waals surface area contributed by atoms with E-state index in [9.17, 15) is 24.8 Å². The lowest BCUT2D eigenvalue weighted by Gasteiger charge is -2.26. The van der Waals surface area contributed by atoms with Crippen LogP contribution in [0.4, 0.5) is 5.69 Å². The molecule has 0 saturated carbocycles. The number of nitrogens with zero attached hydrogens (tertiary/aromatic N) is 3. The highest BCUT2D eigenvalue weighted by atomic mass is 79.9. The van der Waals surface area contributed by atoms with Crippen molar-refractivity contribution >= 4 is 45.0 Å². The number of phenols is 1. The van der Waals surface area contributed by atoms with Gasteiger partial charge in [-0.25, -0.2) is 9.79 Å². The third-order valence-electron chi connectivity index (χ3n) is 5.65. The van der Waals surface area contributed by atoms with Gasteiger partial charge in [-0.15, -0.1) is 0 Å². The Morgan fingerprint density at radius 3 is 2.71 bits per heavy atom. The zero-order valence-electron chi connectivity index (χ0n) is 20.9. The molecule has 198 valence electrons. The molecule has 1 aliphatic heterocycles. The van der Waals surface area contributed by atoms with Gasteiger partial charge < -0.3 is 14.6 Å². The molecular weight excluding hydrogens is 578 g/mol. The van der Waals surface area contributed by atoms with Crippen LogP contribution in [-0.4, -0.2) is 33.3 Å². The predicted molar refractivity (Wildman–Crippen MR) is 145 cm³/mol. The van der Waals surface area contributed by atoms with Crippen LogP contribution in [0.3, 0.4) is 0 Å². The van der Waals surface area contributed by atoms with Gasteiger partial charge in [0.05, 0.1) is 37.9 Å². The summed E-state index contributed by atoms with van der Waals surface area (Å²) < 4.78 is 13.1. The molecule has 0 radical (unpaired) electrons. The Bertz CT molecular complexity index is 1660. The summed E-state index contributed by atoms with van der Waals surface area (Å²) in [4.78, 5) is 42.5. The summed E-state index contributed by atoms with van der Waals surface area (Å²) in [6.07, 6.45) is 1.32. The lowest BCUT2D eigenvalue weighted by molar-refractivity contribution is -0.386. The topological polar surface area (TPSA) is 133 Å². The van der Waals surface area contributed by atoms with E-state index in [4.69, 9.17) is 9.47 Å². The van der Waals surface area contributed by atoms with Crippen LogP contribution < -0.4 is 19.6 Å². The maximum absolute atomic E-state index is 13.8. The summed E-state index contributed by atoms with van der Waals surface area (Å²) in [7, 11) is 0. The number of hydrogen-bond acceptors (Lipinski definition) is 9. The fourth-order valence-electron chi connectivity index (χ4n) is 4.13. The third-order valence-corrected chi connectivity index (χ3v) is 7.24. The van der Waals surface area contributed by atoms with E-state index in [1.54, 1.807) is 38.1 Å². The minimum Gasteiger partial charge on any atom is -0.501 e. The van der Waals surface area contributed by atoms with Crippen molar-refractivity contribution in [2.24, 2.45) is 4.99 Å². The summed E-state index contributed by atoms with van der Waals surface area (Å²) in [5.41, 5.74) is 0.593. The average molecular weight is 602 g/mol. The Balaban J connectivity index is 1.99. The van der Waals surface area contributed by atoms with Gasteiger partial charge in [0.15, 0.2) is 4.80 Å². The Labute approximate surface area is 229 Å². The number of halogens is 1. The highest BCUT2D eigenvalue weighted by molar-refractivity contribution is 9.10. The van der Waals surface area contributed by atoms with Crippen molar-refractivity contribution in [3.8, 4) is 11.5 Å². The summed E-state index contributed by atoms with van der Waals surface area (Å²) in [6.45, 7) is 7.28. The SMILES string of the molecule is CCOC(=O)C1=C(C)N=c2s/c(=C/c3cc(Br)c(O)c([N+](=O)[O-])c3)c(=O)n2[C@H]1c1ccccc1OC(C)C. The van der Waals surface area contributed by atoms with Gasteiger partial charge in [0.25, 0.3) is 5.56 Å². The molecule has 0 spiro atoms. The number of phenolic OH excluding ortho intramolecular Hbond substituents is 1. The van der Waals surface area contributed by atoms with Crippen LogP contribution in [0.15, 0.2) is 61.9 Å². The number of carbonyl (C=O) groups excluding carboxylic acids is 1. The minimum atomic E-state index is -0.872. The van der Waals surface area contributed by atoms with Gasteiger partial charge in [0.2, 0.25) is 5.75 Å². The van der Waals surface area contributed by atoms with Crippen LogP contribution in [0, 0.1) is 10.1 Å². The first-order valence-electron chi connectivity index (χ1n) is 11.7. The van der Waals surface area contributed by atoms with E-state index in [1.165, 1.54) is 22.8 Å². The average Bonchev–Trinajstić information content (AvgIpc) is 3.14. The van der Waals surface area contributed by atoms with Crippen molar-refractivity contribution in [2.45, 2.75) is 39.8 Å². The van der Waals surface area contributed by atoms with Crippen LogP contribution in [-0.2, 0) is 9.53 Å². The number of para-hydroxylation sites is 1. The second-order valence-corrected chi connectivity index (χ2v) is 10.5. The number of thiazole rings is 1. The summed E-state index contributed by atoms with van der Waals surface area (Å²) in [5.74, 6) is -0.591. The van der Waals surface area contributed by atoms with Gasteiger partial charge in [0, 0.05) is 11.6 Å². The summed E-state index contributed by atoms with van der Waals surface area (Å²) >= 11 is 4.21. The van der Waals surface area contributed by atoms with Crippen molar-refractivity contribution in [3.63, 3.8) is 0 Å². The van der Waals surface area contributed by atoms with Crippen molar-refractivity contribution in [1.29, 1.82) is 0 Å². The number of carbonyl (C=O) groups is 1. The molecule has 1 aliphatic rings. The molecule has 1 aromatic heterocycles. The molecule has 2 heterocycles. The number of aromatic nitrogens is 1. The zero-order valence-corrected chi connectivity index (χ0v) is 23.3. The van der Waals surface area contributed by atoms with Crippen LogP contribution in [0.2, 0.25) is 0 Å². The van der Waals surface area contributed by atoms with Gasteiger partial charge >= 0.3 is 11.7 Å². The fourth-order valence-corrected chi connectivity index (χ4v) is 5.65. The van der Waals surface area contributed by atoms with Crippen molar-refractivity contribution < 1.29 is 24.3 Å². The standard InChI is InChI=1S/C26H24BrN3O7S/c1-5-36-25(33)21-14(4)28-26-29(22(21)16-8-6-7-9-19(16)37-13(2)3)24(32)20(38-26)12-15-10-17(27)23(31)18(11-15)30(34)35/h6-13,22,31H,5H2,1-4H3/b20-12+/t22-/m0/s1. The largest absolute Gasteiger partial charge is 0.501 e. The first-order chi connectivity index (χ1) is 18.0. The van der Waals surface area contributed by atoms with E-state index in [1.807, 2.05) is 13.8 Å². The molecule has 4 rings (SSSR count). The van der Waals surface area contributed by atoms with E-state index in [0.29, 0.717) is 27.4 Å². The number of rotatable bonds is 7. The molecule has 0 unspecified atom stereocenters. The molecule has 2 aromatic carbocycles. The molecule has 0 fully saturated rings. The van der Waals surface area contributed by atoms with Crippen molar-refractivity contribution in [1.82, 2.24) is 4.57 Å². The second-order valence-electron chi connectivity index (χ2n) is 8.63. The van der Waals surface area contributed by atoms with Crippen LogP contribution in [0.25, 0.3) is 6.08 Å². The van der Waals surface area contributed by atoms with Crippen molar-refractivity contribution in [3.05, 3.63) is 93.1 Å². The number of nitro benzene ring substituents is 1. The Kier molecular flexibility index (Phi) is 7.83. The number of nitro groups is 1. The number of fused-ring (bicyclic) bond motifs is 1. The molecular formula is C26H24BrN3O7S. The van der Waals surface area contributed by atoms with Gasteiger partial charge in [0.1, 0.15) is 11.8 Å². The first kappa shape index (κ1) is 27.3. The summed E-state index contributed by atoms with van der Waals surface area (Å²) in [5, 5.41) is 21.4. The van der Waals surface area contributed by atoms with Gasteiger partial charge in [-0.3, -0.25) is 19.5 Å². The maximum Gasteiger partial charge on any atom is 0.338 e. The predicted octanol–water partition coefficient (Wildman–Crippen LogP) is 3.96. The molecule has 10 nitrogen and oxygen atoms in total. The Hall–Kier alpha value is -3.77. The summed E-state index contributed by atoms with van der Waals surface area (Å²) in [6, 6.07) is 8.94. The minimum absolute atomic E-state index is 0.115. The quantitative estimate of drug-likeness (QED) is 0.246.